The Morgan fingerprint density at radius 2 is 0.826 bits per heavy atom. The van der Waals surface area contributed by atoms with E-state index in [0.717, 1.165) is 59.8 Å². The van der Waals surface area contributed by atoms with Crippen molar-refractivity contribution < 1.29 is 8.83 Å². The standard InChI is InChI=1S/C40H22N2O4/c43-39-37-29-13-3-1-9-25(29)26-10-2-4-14-30(26)38(37)41(23-17-19-35-31(21-23)27-11-5-7-15-33(27)45-35)40(44)42(39)24-18-20-36-32(22-24)28-12-6-8-16-34(28)46-36/h1-22H. The lowest BCUT2D eigenvalue weighted by Gasteiger charge is -2.18. The summed E-state index contributed by atoms with van der Waals surface area (Å²) in [5, 5.41) is 7.61. The van der Waals surface area contributed by atoms with E-state index in [9.17, 15) is 9.59 Å². The van der Waals surface area contributed by atoms with Crippen molar-refractivity contribution in [3.05, 3.63) is 154 Å². The second-order valence-corrected chi connectivity index (χ2v) is 11.6. The molecule has 6 heteroatoms. The van der Waals surface area contributed by atoms with E-state index >= 15 is 0 Å². The highest BCUT2D eigenvalue weighted by Gasteiger charge is 2.22. The molecule has 0 bridgehead atoms. The summed E-state index contributed by atoms with van der Waals surface area (Å²) in [6.45, 7) is 0. The molecule has 3 heterocycles. The molecule has 7 aromatic carbocycles. The lowest BCUT2D eigenvalue weighted by atomic mass is 9.97. The highest BCUT2D eigenvalue weighted by molar-refractivity contribution is 6.24. The van der Waals surface area contributed by atoms with Gasteiger partial charge in [0, 0.05) is 26.9 Å². The van der Waals surface area contributed by atoms with Gasteiger partial charge in [-0.3, -0.25) is 9.36 Å². The monoisotopic (exact) mass is 594 g/mol. The number of hydrogen-bond donors (Lipinski definition) is 0. The summed E-state index contributed by atoms with van der Waals surface area (Å²) in [7, 11) is 0. The molecular formula is C40H22N2O4. The molecule has 10 rings (SSSR count). The van der Waals surface area contributed by atoms with Gasteiger partial charge in [0.05, 0.1) is 22.3 Å². The molecule has 0 spiro atoms. The predicted octanol–water partition coefficient (Wildman–Crippen LogP) is 9.25. The molecule has 0 amide bonds. The smallest absolute Gasteiger partial charge is 0.340 e. The molecular weight excluding hydrogens is 572 g/mol. The Balaban J connectivity index is 1.41. The first-order valence-corrected chi connectivity index (χ1v) is 15.1. The van der Waals surface area contributed by atoms with Gasteiger partial charge in [-0.2, -0.15) is 0 Å². The number of aromatic nitrogens is 2. The number of furan rings is 2. The van der Waals surface area contributed by atoms with Crippen molar-refractivity contribution in [1.29, 1.82) is 0 Å². The first-order chi connectivity index (χ1) is 22.7. The van der Waals surface area contributed by atoms with E-state index in [1.807, 2.05) is 127 Å². The maximum atomic E-state index is 14.9. The van der Waals surface area contributed by atoms with Crippen molar-refractivity contribution in [2.24, 2.45) is 0 Å². The van der Waals surface area contributed by atoms with E-state index in [-0.39, 0.29) is 5.56 Å². The van der Waals surface area contributed by atoms with Gasteiger partial charge < -0.3 is 8.83 Å². The SMILES string of the molecule is O=c1c2c3ccccc3c3ccccc3c2n(-c2ccc3oc4ccccc4c3c2)c(=O)n1-c1ccc2oc3ccccc3c2c1. The lowest BCUT2D eigenvalue weighted by molar-refractivity contribution is 0.668. The minimum atomic E-state index is -0.461. The van der Waals surface area contributed by atoms with Gasteiger partial charge in [0.15, 0.2) is 0 Å². The van der Waals surface area contributed by atoms with Crippen molar-refractivity contribution in [1.82, 2.24) is 9.13 Å². The summed E-state index contributed by atoms with van der Waals surface area (Å²) in [4.78, 5) is 29.7. The molecule has 0 saturated heterocycles. The molecule has 0 aliphatic rings. The van der Waals surface area contributed by atoms with Gasteiger partial charge in [0.1, 0.15) is 22.3 Å². The third-order valence-corrected chi connectivity index (χ3v) is 9.17. The molecule has 0 N–H and O–H groups in total. The summed E-state index contributed by atoms with van der Waals surface area (Å²) < 4.78 is 15.2. The van der Waals surface area contributed by atoms with Crippen LogP contribution in [0.2, 0.25) is 0 Å². The Hall–Kier alpha value is -6.40. The molecule has 0 aliphatic carbocycles. The maximum Gasteiger partial charge on any atom is 0.340 e. The first kappa shape index (κ1) is 25.0. The molecule has 0 saturated carbocycles. The number of rotatable bonds is 2. The van der Waals surface area contributed by atoms with Gasteiger partial charge in [0.2, 0.25) is 0 Å². The van der Waals surface area contributed by atoms with Crippen molar-refractivity contribution >= 4 is 76.3 Å². The van der Waals surface area contributed by atoms with Crippen LogP contribution in [0.3, 0.4) is 0 Å². The zero-order valence-corrected chi connectivity index (χ0v) is 24.2. The van der Waals surface area contributed by atoms with E-state index in [1.165, 1.54) is 4.57 Å². The molecule has 3 aromatic heterocycles. The van der Waals surface area contributed by atoms with Gasteiger partial charge in [-0.1, -0.05) is 84.9 Å². The molecule has 0 aliphatic heterocycles. The molecule has 0 fully saturated rings. The van der Waals surface area contributed by atoms with Gasteiger partial charge in [-0.05, 0) is 64.7 Å². The van der Waals surface area contributed by atoms with Crippen LogP contribution in [0.4, 0.5) is 0 Å². The summed E-state index contributed by atoms with van der Waals surface area (Å²) in [5.74, 6) is 0. The average Bonchev–Trinajstić information content (AvgIpc) is 3.66. The number of fused-ring (bicyclic) bond motifs is 12. The van der Waals surface area contributed by atoms with Crippen LogP contribution < -0.4 is 11.2 Å². The average molecular weight is 595 g/mol. The first-order valence-electron chi connectivity index (χ1n) is 15.1. The summed E-state index contributed by atoms with van der Waals surface area (Å²) >= 11 is 0. The van der Waals surface area contributed by atoms with Gasteiger partial charge in [-0.25, -0.2) is 9.36 Å². The number of hydrogen-bond acceptors (Lipinski definition) is 4. The second-order valence-electron chi connectivity index (χ2n) is 11.6. The molecule has 0 atom stereocenters. The van der Waals surface area contributed by atoms with E-state index in [1.54, 1.807) is 10.6 Å². The van der Waals surface area contributed by atoms with Gasteiger partial charge in [0.25, 0.3) is 5.56 Å². The van der Waals surface area contributed by atoms with Crippen molar-refractivity contribution in [3.8, 4) is 11.4 Å². The number of para-hydroxylation sites is 2. The summed E-state index contributed by atoms with van der Waals surface area (Å²) in [5.41, 5.74) is 3.77. The highest BCUT2D eigenvalue weighted by atomic mass is 16.3. The van der Waals surface area contributed by atoms with Crippen LogP contribution in [-0.2, 0) is 0 Å². The van der Waals surface area contributed by atoms with Gasteiger partial charge in [-0.15, -0.1) is 0 Å². The van der Waals surface area contributed by atoms with Crippen LogP contribution in [0.1, 0.15) is 0 Å². The summed E-state index contributed by atoms with van der Waals surface area (Å²) in [6, 6.07) is 42.7. The fourth-order valence-corrected chi connectivity index (χ4v) is 7.14. The minimum absolute atomic E-state index is 0.375. The van der Waals surface area contributed by atoms with E-state index < -0.39 is 5.69 Å². The van der Waals surface area contributed by atoms with Crippen LogP contribution in [-0.4, -0.2) is 9.13 Å². The lowest BCUT2D eigenvalue weighted by Crippen LogP contribution is -2.38. The molecule has 46 heavy (non-hydrogen) atoms. The normalized spacial score (nSPS) is 12.1. The Morgan fingerprint density at radius 1 is 0.391 bits per heavy atom. The third-order valence-electron chi connectivity index (χ3n) is 9.17. The van der Waals surface area contributed by atoms with Crippen molar-refractivity contribution in [2.75, 3.05) is 0 Å². The maximum absolute atomic E-state index is 14.9. The molecule has 10 aromatic rings. The van der Waals surface area contributed by atoms with E-state index in [4.69, 9.17) is 8.83 Å². The Kier molecular flexibility index (Phi) is 4.92. The van der Waals surface area contributed by atoms with Gasteiger partial charge >= 0.3 is 5.69 Å². The number of benzene rings is 7. The Morgan fingerprint density at radius 3 is 1.41 bits per heavy atom. The predicted molar refractivity (Wildman–Crippen MR) is 185 cm³/mol. The molecule has 6 nitrogen and oxygen atoms in total. The van der Waals surface area contributed by atoms with Crippen LogP contribution in [0.15, 0.2) is 152 Å². The quantitative estimate of drug-likeness (QED) is 0.187. The largest absolute Gasteiger partial charge is 0.456 e. The second kappa shape index (κ2) is 9.06. The highest BCUT2D eigenvalue weighted by Crippen LogP contribution is 2.36. The van der Waals surface area contributed by atoms with Crippen LogP contribution >= 0.6 is 0 Å². The molecule has 0 radical (unpaired) electrons. The zero-order valence-electron chi connectivity index (χ0n) is 24.2. The molecule has 0 unspecified atom stereocenters. The van der Waals surface area contributed by atoms with Crippen LogP contribution in [0.25, 0.3) is 87.7 Å². The van der Waals surface area contributed by atoms with Crippen LogP contribution in [0, 0.1) is 0 Å². The Bertz CT molecular complexity index is 3030. The zero-order chi connectivity index (χ0) is 30.5. The van der Waals surface area contributed by atoms with Crippen LogP contribution in [0.5, 0.6) is 0 Å². The Labute approximate surface area is 259 Å². The molecule has 216 valence electrons. The van der Waals surface area contributed by atoms with E-state index in [2.05, 4.69) is 0 Å². The van der Waals surface area contributed by atoms with Crippen molar-refractivity contribution in [3.63, 3.8) is 0 Å². The summed E-state index contributed by atoms with van der Waals surface area (Å²) in [6.07, 6.45) is 0. The van der Waals surface area contributed by atoms with Crippen molar-refractivity contribution in [2.45, 2.75) is 0 Å². The third kappa shape index (κ3) is 3.30. The minimum Gasteiger partial charge on any atom is -0.456 e. The van der Waals surface area contributed by atoms with E-state index in [0.29, 0.717) is 27.9 Å². The fourth-order valence-electron chi connectivity index (χ4n) is 7.14. The fraction of sp³-hybridized carbons (Fsp3) is 0. The topological polar surface area (TPSA) is 70.3 Å². The number of nitrogens with zero attached hydrogens (tertiary/aromatic N) is 2.